The number of pyridine rings is 1. The molecule has 0 saturated heterocycles. The first-order valence-corrected chi connectivity index (χ1v) is 18.8. The Morgan fingerprint density at radius 1 is 0.685 bits per heavy atom. The molecule has 0 amide bonds. The highest BCUT2D eigenvalue weighted by atomic mass is 15.2. The van der Waals surface area contributed by atoms with Crippen LogP contribution in [-0.4, -0.2) is 15.1 Å². The average Bonchev–Trinajstić information content (AvgIpc) is 3.55. The second-order valence-electron chi connectivity index (χ2n) is 14.6. The van der Waals surface area contributed by atoms with Crippen LogP contribution in [0, 0.1) is 0 Å². The summed E-state index contributed by atoms with van der Waals surface area (Å²) in [6.07, 6.45) is 20.9. The third kappa shape index (κ3) is 5.15. The van der Waals surface area contributed by atoms with Crippen molar-refractivity contribution in [3.05, 3.63) is 199 Å². The number of benzene rings is 5. The van der Waals surface area contributed by atoms with Crippen molar-refractivity contribution in [1.82, 2.24) is 9.55 Å². The maximum absolute atomic E-state index is 5.44. The Labute approximate surface area is 316 Å². The fraction of sp³-hybridized carbons (Fsp3) is 0.0784. The average molecular weight is 694 g/mol. The Balaban J connectivity index is 1.13. The van der Waals surface area contributed by atoms with Crippen LogP contribution in [0.2, 0.25) is 0 Å². The van der Waals surface area contributed by atoms with Crippen LogP contribution in [0.25, 0.3) is 68.5 Å². The summed E-state index contributed by atoms with van der Waals surface area (Å²) >= 11 is 0. The number of hydrogen-bond acceptors (Lipinski definition) is 2. The van der Waals surface area contributed by atoms with Gasteiger partial charge in [0.2, 0.25) is 0 Å². The van der Waals surface area contributed by atoms with Gasteiger partial charge in [0.05, 0.1) is 28.1 Å². The van der Waals surface area contributed by atoms with Gasteiger partial charge in [0, 0.05) is 45.1 Å². The highest BCUT2D eigenvalue weighted by molar-refractivity contribution is 5.96. The molecule has 3 heteroatoms. The minimum absolute atomic E-state index is 0.212. The topological polar surface area (TPSA) is 21.1 Å². The highest BCUT2D eigenvalue weighted by Crippen LogP contribution is 2.54. The van der Waals surface area contributed by atoms with Crippen LogP contribution in [0.15, 0.2) is 176 Å². The highest BCUT2D eigenvalue weighted by Gasteiger charge is 2.46. The molecule has 0 N–H and O–H groups in total. The van der Waals surface area contributed by atoms with Crippen molar-refractivity contribution in [3.63, 3.8) is 0 Å². The van der Waals surface area contributed by atoms with Crippen LogP contribution in [0.5, 0.6) is 0 Å². The number of allylic oxidation sites excluding steroid dienone is 4. The summed E-state index contributed by atoms with van der Waals surface area (Å²) in [5.41, 5.74) is 15.7. The lowest BCUT2D eigenvalue weighted by molar-refractivity contribution is 0.542. The third-order valence-corrected chi connectivity index (χ3v) is 11.4. The summed E-state index contributed by atoms with van der Waals surface area (Å²) in [5.74, 6) is 0.278. The molecule has 1 aliphatic heterocycles. The first kappa shape index (κ1) is 32.0. The van der Waals surface area contributed by atoms with E-state index in [2.05, 4.69) is 205 Å². The molecule has 0 spiro atoms. The van der Waals surface area contributed by atoms with Crippen molar-refractivity contribution in [3.8, 4) is 39.3 Å². The van der Waals surface area contributed by atoms with Gasteiger partial charge in [-0.1, -0.05) is 140 Å². The molecule has 0 bridgehead atoms. The Hall–Kier alpha value is -6.71. The number of anilines is 2. The molecule has 3 aliphatic rings. The van der Waals surface area contributed by atoms with Gasteiger partial charge in [-0.15, -0.1) is 0 Å². The van der Waals surface area contributed by atoms with E-state index in [1.807, 2.05) is 6.08 Å². The van der Waals surface area contributed by atoms with E-state index in [-0.39, 0.29) is 11.5 Å². The second kappa shape index (κ2) is 12.8. The van der Waals surface area contributed by atoms with Crippen LogP contribution in [0.1, 0.15) is 41.6 Å². The van der Waals surface area contributed by atoms with Crippen LogP contribution in [0.3, 0.4) is 0 Å². The molecule has 258 valence electrons. The zero-order valence-corrected chi connectivity index (χ0v) is 30.2. The van der Waals surface area contributed by atoms with Gasteiger partial charge < -0.3 is 9.47 Å². The van der Waals surface area contributed by atoms with E-state index >= 15 is 0 Å². The van der Waals surface area contributed by atoms with Crippen molar-refractivity contribution in [2.24, 2.45) is 0 Å². The minimum Gasteiger partial charge on any atom is -0.331 e. The maximum atomic E-state index is 5.44. The number of para-hydroxylation sites is 2. The zero-order valence-electron chi connectivity index (χ0n) is 30.2. The van der Waals surface area contributed by atoms with Gasteiger partial charge in [-0.05, 0) is 90.2 Å². The summed E-state index contributed by atoms with van der Waals surface area (Å²) < 4.78 is 2.39. The molecule has 2 aromatic heterocycles. The Bertz CT molecular complexity index is 2740. The van der Waals surface area contributed by atoms with E-state index in [1.165, 1.54) is 33.4 Å². The van der Waals surface area contributed by atoms with E-state index in [4.69, 9.17) is 4.98 Å². The molecule has 3 heterocycles. The number of nitrogens with zero attached hydrogens (tertiary/aromatic N) is 3. The molecule has 10 rings (SSSR count). The Morgan fingerprint density at radius 2 is 1.41 bits per heavy atom. The normalized spacial score (nSPS) is 18.0. The van der Waals surface area contributed by atoms with Crippen molar-refractivity contribution in [1.29, 1.82) is 0 Å². The molecule has 3 nitrogen and oxygen atoms in total. The molecule has 2 unspecified atom stereocenters. The molecule has 2 atom stereocenters. The largest absolute Gasteiger partial charge is 0.331 e. The molecular weight excluding hydrogens is 655 g/mol. The summed E-state index contributed by atoms with van der Waals surface area (Å²) in [5, 5.41) is 1.26. The van der Waals surface area contributed by atoms with Gasteiger partial charge in [0.1, 0.15) is 0 Å². The summed E-state index contributed by atoms with van der Waals surface area (Å²) in [4.78, 5) is 7.94. The smallest absolute Gasteiger partial charge is 0.0716 e. The Kier molecular flexibility index (Phi) is 7.55. The van der Waals surface area contributed by atoms with Crippen molar-refractivity contribution in [2.75, 3.05) is 4.90 Å². The van der Waals surface area contributed by atoms with Gasteiger partial charge in [-0.25, -0.2) is 4.98 Å². The predicted molar refractivity (Wildman–Crippen MR) is 228 cm³/mol. The van der Waals surface area contributed by atoms with E-state index in [0.29, 0.717) is 0 Å². The number of rotatable bonds is 6. The summed E-state index contributed by atoms with van der Waals surface area (Å²) in [6, 6.07) is 48.3. The first-order chi connectivity index (χ1) is 26.6. The van der Waals surface area contributed by atoms with E-state index in [1.54, 1.807) is 0 Å². The zero-order chi connectivity index (χ0) is 36.2. The van der Waals surface area contributed by atoms with Crippen molar-refractivity contribution in [2.45, 2.75) is 24.8 Å². The van der Waals surface area contributed by atoms with Crippen molar-refractivity contribution < 1.29 is 0 Å². The van der Waals surface area contributed by atoms with E-state index < -0.39 is 0 Å². The lowest BCUT2D eigenvalue weighted by atomic mass is 9.80. The fourth-order valence-corrected chi connectivity index (χ4v) is 8.75. The van der Waals surface area contributed by atoms with Crippen LogP contribution in [-0.2, 0) is 0 Å². The second-order valence-corrected chi connectivity index (χ2v) is 14.6. The number of hydrogen-bond donors (Lipinski definition) is 0. The quantitative estimate of drug-likeness (QED) is 0.173. The fourth-order valence-electron chi connectivity index (χ4n) is 8.75. The maximum Gasteiger partial charge on any atom is 0.0716 e. The monoisotopic (exact) mass is 693 g/mol. The number of fused-ring (bicyclic) bond motifs is 6. The summed E-state index contributed by atoms with van der Waals surface area (Å²) in [7, 11) is 0. The standard InChI is InChI=1S/C51H39N3/c1-3-35-26-28-36(29-27-35)39-33-46(37-15-13-17-40(31-37)53-48-23-6-4-5-19-42(48)43-20-7-9-24-49(43)53)52-47(34-39)38-16-14-18-41(32-38)54-50-25-10-8-21-44(50)45-22-11-12-30-51(45,54)2/h3,5-34,45H,1,4H2,2H3. The predicted octanol–water partition coefficient (Wildman–Crippen LogP) is 13.2. The number of aromatic nitrogens is 2. The molecule has 7 aromatic rings. The lowest BCUT2D eigenvalue weighted by Gasteiger charge is -2.39. The molecule has 0 radical (unpaired) electrons. The minimum atomic E-state index is -0.212. The molecule has 5 aromatic carbocycles. The van der Waals surface area contributed by atoms with Crippen LogP contribution >= 0.6 is 0 Å². The first-order valence-electron chi connectivity index (χ1n) is 18.8. The van der Waals surface area contributed by atoms with Crippen LogP contribution < -0.4 is 4.90 Å². The van der Waals surface area contributed by atoms with Gasteiger partial charge >= 0.3 is 0 Å². The molecule has 0 saturated carbocycles. The van der Waals surface area contributed by atoms with E-state index in [9.17, 15) is 0 Å². The third-order valence-electron chi connectivity index (χ3n) is 11.4. The van der Waals surface area contributed by atoms with Gasteiger partial charge in [-0.2, -0.15) is 0 Å². The van der Waals surface area contributed by atoms with Crippen molar-refractivity contribution >= 4 is 40.5 Å². The molecule has 0 fully saturated rings. The molecule has 2 aliphatic carbocycles. The van der Waals surface area contributed by atoms with Crippen LogP contribution in [0.4, 0.5) is 11.4 Å². The molecule has 54 heavy (non-hydrogen) atoms. The summed E-state index contributed by atoms with van der Waals surface area (Å²) in [6.45, 7) is 6.32. The van der Waals surface area contributed by atoms with Gasteiger partial charge in [0.25, 0.3) is 0 Å². The van der Waals surface area contributed by atoms with Gasteiger partial charge in [-0.3, -0.25) is 0 Å². The SMILES string of the molecule is C=Cc1ccc(-c2cc(-c3cccc(N4c5ccccc5C5C=CC=CC54C)c3)nc(-c3cccc(-n4c5c(c6ccccc64)C=CCC=C5)c3)c2)cc1. The lowest BCUT2D eigenvalue weighted by Crippen LogP contribution is -2.41. The van der Waals surface area contributed by atoms with Gasteiger partial charge in [0.15, 0.2) is 0 Å². The molecular formula is C51H39N3. The Morgan fingerprint density at radius 3 is 2.22 bits per heavy atom. The van der Waals surface area contributed by atoms with E-state index in [0.717, 1.165) is 57.0 Å².